The third kappa shape index (κ3) is 3.69. The summed E-state index contributed by atoms with van der Waals surface area (Å²) in [4.78, 5) is 0. The first-order valence-corrected chi connectivity index (χ1v) is 6.75. The van der Waals surface area contributed by atoms with Crippen LogP contribution in [0.4, 0.5) is 4.39 Å². The smallest absolute Gasteiger partial charge is 0.142 e. The van der Waals surface area contributed by atoms with Crippen molar-refractivity contribution in [1.82, 2.24) is 5.32 Å². The molecule has 0 aromatic heterocycles. The Morgan fingerprint density at radius 2 is 1.79 bits per heavy atom. The molecule has 0 radical (unpaired) electrons. The Morgan fingerprint density at radius 3 is 2.47 bits per heavy atom. The van der Waals surface area contributed by atoms with E-state index >= 15 is 0 Å². The number of halogens is 3. The number of hydrogen-bond acceptors (Lipinski definition) is 1. The van der Waals surface area contributed by atoms with Crippen molar-refractivity contribution >= 4 is 23.2 Å². The van der Waals surface area contributed by atoms with Gasteiger partial charge in [-0.05, 0) is 36.2 Å². The molecule has 0 fully saturated rings. The summed E-state index contributed by atoms with van der Waals surface area (Å²) in [6, 6.07) is 12.6. The van der Waals surface area contributed by atoms with Gasteiger partial charge >= 0.3 is 0 Å². The Bertz CT molecular complexity index is 555. The standard InChI is InChI=1S/C15H14Cl2FN/c1-10(11-5-7-13(16)8-6-11)19-9-12-3-2-4-14(18)15(12)17/h2-8,10,19H,9H2,1H3/t10-/m1/s1. The average Bonchev–Trinajstić information content (AvgIpc) is 2.41. The largest absolute Gasteiger partial charge is 0.306 e. The third-order valence-corrected chi connectivity index (χ3v) is 3.68. The van der Waals surface area contributed by atoms with E-state index in [4.69, 9.17) is 23.2 Å². The van der Waals surface area contributed by atoms with E-state index in [0.29, 0.717) is 11.6 Å². The highest BCUT2D eigenvalue weighted by atomic mass is 35.5. The molecule has 1 N–H and O–H groups in total. The van der Waals surface area contributed by atoms with E-state index in [1.807, 2.05) is 37.3 Å². The van der Waals surface area contributed by atoms with Gasteiger partial charge in [-0.1, -0.05) is 47.5 Å². The Labute approximate surface area is 122 Å². The average molecular weight is 298 g/mol. The van der Waals surface area contributed by atoms with E-state index in [-0.39, 0.29) is 16.9 Å². The second-order valence-corrected chi connectivity index (χ2v) is 5.18. The Balaban J connectivity index is 2.02. The molecule has 1 nitrogen and oxygen atoms in total. The van der Waals surface area contributed by atoms with Crippen LogP contribution < -0.4 is 5.32 Å². The minimum atomic E-state index is -0.389. The third-order valence-electron chi connectivity index (χ3n) is 3.00. The van der Waals surface area contributed by atoms with Gasteiger partial charge in [-0.25, -0.2) is 4.39 Å². The van der Waals surface area contributed by atoms with Gasteiger partial charge in [0, 0.05) is 17.6 Å². The Hall–Kier alpha value is -1.09. The van der Waals surface area contributed by atoms with Crippen LogP contribution in [0.1, 0.15) is 24.1 Å². The molecule has 0 aliphatic carbocycles. The van der Waals surface area contributed by atoms with Crippen molar-refractivity contribution in [3.8, 4) is 0 Å². The zero-order valence-electron chi connectivity index (χ0n) is 10.5. The molecule has 0 unspecified atom stereocenters. The maximum atomic E-state index is 13.3. The van der Waals surface area contributed by atoms with Crippen molar-refractivity contribution in [2.45, 2.75) is 19.5 Å². The van der Waals surface area contributed by atoms with Crippen LogP contribution in [0.3, 0.4) is 0 Å². The highest BCUT2D eigenvalue weighted by Gasteiger charge is 2.08. The van der Waals surface area contributed by atoms with Crippen LogP contribution >= 0.6 is 23.2 Å². The second kappa shape index (κ2) is 6.38. The molecule has 2 rings (SSSR count). The maximum Gasteiger partial charge on any atom is 0.142 e. The van der Waals surface area contributed by atoms with Gasteiger partial charge in [0.1, 0.15) is 5.82 Å². The molecule has 0 spiro atoms. The molecule has 0 amide bonds. The SMILES string of the molecule is C[C@@H](NCc1cccc(F)c1Cl)c1ccc(Cl)cc1. The summed E-state index contributed by atoms with van der Waals surface area (Å²) in [7, 11) is 0. The predicted octanol–water partition coefficient (Wildman–Crippen LogP) is 4.98. The number of rotatable bonds is 4. The van der Waals surface area contributed by atoms with E-state index in [2.05, 4.69) is 5.32 Å². The molecule has 0 bridgehead atoms. The minimum absolute atomic E-state index is 0.136. The molecule has 0 aliphatic heterocycles. The van der Waals surface area contributed by atoms with Gasteiger partial charge in [-0.15, -0.1) is 0 Å². The van der Waals surface area contributed by atoms with Crippen molar-refractivity contribution in [2.24, 2.45) is 0 Å². The topological polar surface area (TPSA) is 12.0 Å². The van der Waals surface area contributed by atoms with Crippen molar-refractivity contribution in [3.63, 3.8) is 0 Å². The van der Waals surface area contributed by atoms with Gasteiger partial charge in [0.05, 0.1) is 5.02 Å². The van der Waals surface area contributed by atoms with Crippen LogP contribution in [-0.4, -0.2) is 0 Å². The fraction of sp³-hybridized carbons (Fsp3) is 0.200. The molecule has 0 saturated heterocycles. The molecular weight excluding hydrogens is 284 g/mol. The van der Waals surface area contributed by atoms with E-state index in [9.17, 15) is 4.39 Å². The highest BCUT2D eigenvalue weighted by molar-refractivity contribution is 6.31. The van der Waals surface area contributed by atoms with Gasteiger partial charge < -0.3 is 5.32 Å². The quantitative estimate of drug-likeness (QED) is 0.839. The van der Waals surface area contributed by atoms with Crippen LogP contribution in [0.25, 0.3) is 0 Å². The van der Waals surface area contributed by atoms with Crippen LogP contribution in [0, 0.1) is 5.82 Å². The zero-order valence-corrected chi connectivity index (χ0v) is 12.0. The van der Waals surface area contributed by atoms with Crippen molar-refractivity contribution < 1.29 is 4.39 Å². The summed E-state index contributed by atoms with van der Waals surface area (Å²) in [5.74, 6) is -0.389. The highest BCUT2D eigenvalue weighted by Crippen LogP contribution is 2.21. The van der Waals surface area contributed by atoms with Gasteiger partial charge in [0.25, 0.3) is 0 Å². The summed E-state index contributed by atoms with van der Waals surface area (Å²) in [6.45, 7) is 2.55. The Kier molecular flexibility index (Phi) is 4.81. The number of benzene rings is 2. The monoisotopic (exact) mass is 297 g/mol. The number of hydrogen-bond donors (Lipinski definition) is 1. The maximum absolute atomic E-state index is 13.3. The lowest BCUT2D eigenvalue weighted by atomic mass is 10.1. The minimum Gasteiger partial charge on any atom is -0.306 e. The lowest BCUT2D eigenvalue weighted by molar-refractivity contribution is 0.569. The fourth-order valence-corrected chi connectivity index (χ4v) is 2.14. The molecule has 0 aliphatic rings. The molecule has 2 aromatic carbocycles. The molecular formula is C15H14Cl2FN. The van der Waals surface area contributed by atoms with Gasteiger partial charge in [-0.2, -0.15) is 0 Å². The zero-order chi connectivity index (χ0) is 13.8. The fourth-order valence-electron chi connectivity index (χ4n) is 1.82. The lowest BCUT2D eigenvalue weighted by Crippen LogP contribution is -2.18. The summed E-state index contributed by atoms with van der Waals surface area (Å²) in [5, 5.41) is 4.20. The first kappa shape index (κ1) is 14.3. The summed E-state index contributed by atoms with van der Waals surface area (Å²) < 4.78 is 13.3. The van der Waals surface area contributed by atoms with E-state index in [1.54, 1.807) is 6.07 Å². The molecule has 19 heavy (non-hydrogen) atoms. The Morgan fingerprint density at radius 1 is 1.11 bits per heavy atom. The van der Waals surface area contributed by atoms with Crippen molar-refractivity contribution in [3.05, 3.63) is 69.5 Å². The lowest BCUT2D eigenvalue weighted by Gasteiger charge is -2.15. The first-order chi connectivity index (χ1) is 9.08. The van der Waals surface area contributed by atoms with Crippen LogP contribution in [0.5, 0.6) is 0 Å². The molecule has 2 aromatic rings. The van der Waals surface area contributed by atoms with Crippen molar-refractivity contribution in [2.75, 3.05) is 0 Å². The van der Waals surface area contributed by atoms with E-state index in [1.165, 1.54) is 6.07 Å². The van der Waals surface area contributed by atoms with E-state index < -0.39 is 0 Å². The summed E-state index contributed by atoms with van der Waals surface area (Å²) >= 11 is 11.8. The molecule has 0 saturated carbocycles. The molecule has 4 heteroatoms. The van der Waals surface area contributed by atoms with Gasteiger partial charge in [0.15, 0.2) is 0 Å². The van der Waals surface area contributed by atoms with Crippen LogP contribution in [-0.2, 0) is 6.54 Å². The van der Waals surface area contributed by atoms with Crippen LogP contribution in [0.15, 0.2) is 42.5 Å². The molecule has 100 valence electrons. The molecule has 1 atom stereocenters. The molecule has 0 heterocycles. The van der Waals surface area contributed by atoms with Gasteiger partial charge in [0.2, 0.25) is 0 Å². The van der Waals surface area contributed by atoms with Crippen molar-refractivity contribution in [1.29, 1.82) is 0 Å². The van der Waals surface area contributed by atoms with Gasteiger partial charge in [-0.3, -0.25) is 0 Å². The number of nitrogens with one attached hydrogen (secondary N) is 1. The predicted molar refractivity (Wildman–Crippen MR) is 78.1 cm³/mol. The van der Waals surface area contributed by atoms with Crippen LogP contribution in [0.2, 0.25) is 10.0 Å². The summed E-state index contributed by atoms with van der Waals surface area (Å²) in [6.07, 6.45) is 0. The summed E-state index contributed by atoms with van der Waals surface area (Å²) in [5.41, 5.74) is 1.87. The second-order valence-electron chi connectivity index (χ2n) is 4.37. The van der Waals surface area contributed by atoms with E-state index in [0.717, 1.165) is 11.1 Å². The normalized spacial score (nSPS) is 12.4. The first-order valence-electron chi connectivity index (χ1n) is 5.99.